The first-order valence-electron chi connectivity index (χ1n) is 5.51. The molecule has 16 heavy (non-hydrogen) atoms. The van der Waals surface area contributed by atoms with E-state index in [9.17, 15) is 4.89 Å². The lowest BCUT2D eigenvalue weighted by molar-refractivity contribution is 0.255. The lowest BCUT2D eigenvalue weighted by Crippen LogP contribution is -1.96. The van der Waals surface area contributed by atoms with E-state index < -0.39 is 8.60 Å². The van der Waals surface area contributed by atoms with E-state index in [0.717, 1.165) is 24.0 Å². The molecule has 0 aromatic heterocycles. The smallest absolute Gasteiger partial charge is 0.394 e. The second-order valence-electron chi connectivity index (χ2n) is 3.71. The van der Waals surface area contributed by atoms with Gasteiger partial charge in [-0.1, -0.05) is 25.5 Å². The third kappa shape index (κ3) is 4.09. The number of unbranched alkanes of at least 4 members (excludes halogenated alkanes) is 1. The van der Waals surface area contributed by atoms with E-state index >= 15 is 0 Å². The molecule has 4 heteroatoms. The summed E-state index contributed by atoms with van der Waals surface area (Å²) in [6, 6.07) is 5.77. The molecular weight excluding hydrogens is 223 g/mol. The molecule has 1 rings (SSSR count). The van der Waals surface area contributed by atoms with Gasteiger partial charge in [-0.3, -0.25) is 0 Å². The van der Waals surface area contributed by atoms with E-state index in [4.69, 9.17) is 9.05 Å². The average molecular weight is 242 g/mol. The zero-order chi connectivity index (χ0) is 12.0. The van der Waals surface area contributed by atoms with Crippen LogP contribution in [0.1, 0.15) is 30.9 Å². The maximum absolute atomic E-state index is 9.56. The Morgan fingerprint density at radius 1 is 1.31 bits per heavy atom. The van der Waals surface area contributed by atoms with Gasteiger partial charge in [0.05, 0.1) is 6.61 Å². The summed E-state index contributed by atoms with van der Waals surface area (Å²) in [5, 5.41) is 0. The van der Waals surface area contributed by atoms with Crippen LogP contribution in [-0.4, -0.2) is 11.5 Å². The molecule has 1 aromatic rings. The quantitative estimate of drug-likeness (QED) is 0.610. The third-order valence-electron chi connectivity index (χ3n) is 2.43. The van der Waals surface area contributed by atoms with Crippen LogP contribution in [0.2, 0.25) is 0 Å². The fourth-order valence-corrected chi connectivity index (χ4v) is 1.92. The summed E-state index contributed by atoms with van der Waals surface area (Å²) in [6.45, 7) is 6.61. The minimum atomic E-state index is -1.80. The fraction of sp³-hybridized carbons (Fsp3) is 0.500. The molecule has 0 heterocycles. The van der Waals surface area contributed by atoms with Gasteiger partial charge in [0.1, 0.15) is 5.75 Å². The van der Waals surface area contributed by atoms with Gasteiger partial charge in [-0.05, 0) is 37.5 Å². The maximum atomic E-state index is 9.56. The Morgan fingerprint density at radius 2 is 2.06 bits per heavy atom. The van der Waals surface area contributed by atoms with Crippen LogP contribution < -0.4 is 4.52 Å². The Balaban J connectivity index is 2.49. The van der Waals surface area contributed by atoms with Crippen LogP contribution in [0.5, 0.6) is 5.75 Å². The molecule has 0 spiro atoms. The molecule has 0 radical (unpaired) electrons. The number of benzene rings is 1. The highest BCUT2D eigenvalue weighted by molar-refractivity contribution is 7.41. The molecule has 0 fully saturated rings. The van der Waals surface area contributed by atoms with Crippen LogP contribution in [-0.2, 0) is 4.52 Å². The fourth-order valence-electron chi connectivity index (χ4n) is 1.22. The molecule has 0 aliphatic heterocycles. The van der Waals surface area contributed by atoms with Crippen molar-refractivity contribution < 1.29 is 13.9 Å². The normalized spacial score (nSPS) is 12.5. The number of hydrogen-bond donors (Lipinski definition) is 1. The van der Waals surface area contributed by atoms with Crippen LogP contribution >= 0.6 is 8.60 Å². The van der Waals surface area contributed by atoms with Crippen LogP contribution in [0, 0.1) is 13.8 Å². The molecule has 1 N–H and O–H groups in total. The lowest BCUT2D eigenvalue weighted by atomic mass is 10.1. The van der Waals surface area contributed by atoms with Gasteiger partial charge in [-0.2, -0.15) is 0 Å². The summed E-state index contributed by atoms with van der Waals surface area (Å²) in [5.74, 6) is 0.699. The Labute approximate surface area is 98.4 Å². The SMILES string of the molecule is CCCCOP(O)Oc1cccc(C)c1C. The average Bonchev–Trinajstić information content (AvgIpc) is 2.25. The minimum absolute atomic E-state index is 0.545. The highest BCUT2D eigenvalue weighted by Gasteiger charge is 2.11. The molecule has 1 atom stereocenters. The number of rotatable bonds is 6. The number of hydrogen-bond acceptors (Lipinski definition) is 3. The summed E-state index contributed by atoms with van der Waals surface area (Å²) >= 11 is 0. The predicted octanol–water partition coefficient (Wildman–Crippen LogP) is 3.72. The van der Waals surface area contributed by atoms with Crippen molar-refractivity contribution in [2.75, 3.05) is 6.61 Å². The summed E-state index contributed by atoms with van der Waals surface area (Å²) in [4.78, 5) is 9.56. The van der Waals surface area contributed by atoms with Gasteiger partial charge < -0.3 is 13.9 Å². The zero-order valence-corrected chi connectivity index (χ0v) is 11.0. The molecule has 0 saturated carbocycles. The summed E-state index contributed by atoms with van der Waals surface area (Å²) in [7, 11) is -1.80. The topological polar surface area (TPSA) is 38.7 Å². The summed E-state index contributed by atoms with van der Waals surface area (Å²) in [5.41, 5.74) is 2.19. The van der Waals surface area contributed by atoms with Gasteiger partial charge in [-0.25, -0.2) is 0 Å². The third-order valence-corrected chi connectivity index (χ3v) is 3.19. The van der Waals surface area contributed by atoms with E-state index in [1.165, 1.54) is 0 Å². The summed E-state index contributed by atoms with van der Waals surface area (Å²) in [6.07, 6.45) is 1.99. The standard InChI is InChI=1S/C12H19O3P/c1-4-5-9-14-16(13)15-12-8-6-7-10(2)11(12)3/h6-8,13H,4-5,9H2,1-3H3. The molecule has 3 nitrogen and oxygen atoms in total. The Morgan fingerprint density at radius 3 is 2.75 bits per heavy atom. The van der Waals surface area contributed by atoms with Crippen LogP contribution in [0.25, 0.3) is 0 Å². The summed E-state index contributed by atoms with van der Waals surface area (Å²) < 4.78 is 10.5. The zero-order valence-electron chi connectivity index (χ0n) is 10.1. The van der Waals surface area contributed by atoms with E-state index in [-0.39, 0.29) is 0 Å². The molecule has 0 amide bonds. The molecule has 1 unspecified atom stereocenters. The molecule has 0 bridgehead atoms. The predicted molar refractivity (Wildman–Crippen MR) is 66.5 cm³/mol. The maximum Gasteiger partial charge on any atom is 0.394 e. The Kier molecular flexibility index (Phi) is 5.75. The molecule has 90 valence electrons. The van der Waals surface area contributed by atoms with Crippen molar-refractivity contribution in [1.29, 1.82) is 0 Å². The van der Waals surface area contributed by atoms with Gasteiger partial charge in [0.25, 0.3) is 0 Å². The van der Waals surface area contributed by atoms with Crippen LogP contribution in [0.3, 0.4) is 0 Å². The van der Waals surface area contributed by atoms with Gasteiger partial charge >= 0.3 is 8.60 Å². The molecule has 0 aliphatic rings. The minimum Gasteiger partial charge on any atom is -0.427 e. The highest BCUT2D eigenvalue weighted by atomic mass is 31.2. The van der Waals surface area contributed by atoms with Gasteiger partial charge in [0.2, 0.25) is 0 Å². The largest absolute Gasteiger partial charge is 0.427 e. The van der Waals surface area contributed by atoms with Crippen molar-refractivity contribution in [3.05, 3.63) is 29.3 Å². The highest BCUT2D eigenvalue weighted by Crippen LogP contribution is 2.37. The van der Waals surface area contributed by atoms with Crippen LogP contribution in [0.15, 0.2) is 18.2 Å². The van der Waals surface area contributed by atoms with Crippen molar-refractivity contribution in [3.8, 4) is 5.75 Å². The van der Waals surface area contributed by atoms with Crippen molar-refractivity contribution in [3.63, 3.8) is 0 Å². The van der Waals surface area contributed by atoms with Crippen LogP contribution in [0.4, 0.5) is 0 Å². The Hall–Kier alpha value is -0.630. The van der Waals surface area contributed by atoms with Crippen molar-refractivity contribution in [2.24, 2.45) is 0 Å². The van der Waals surface area contributed by atoms with Gasteiger partial charge in [0, 0.05) is 0 Å². The first kappa shape index (κ1) is 13.4. The number of aryl methyl sites for hydroxylation is 1. The molecule has 0 aliphatic carbocycles. The first-order chi connectivity index (χ1) is 7.65. The van der Waals surface area contributed by atoms with E-state index in [1.807, 2.05) is 32.0 Å². The second kappa shape index (κ2) is 6.85. The van der Waals surface area contributed by atoms with Crippen molar-refractivity contribution in [2.45, 2.75) is 33.6 Å². The van der Waals surface area contributed by atoms with Gasteiger partial charge in [-0.15, -0.1) is 0 Å². The van der Waals surface area contributed by atoms with E-state index in [2.05, 4.69) is 6.92 Å². The van der Waals surface area contributed by atoms with E-state index in [1.54, 1.807) is 0 Å². The Bertz CT molecular complexity index is 328. The second-order valence-corrected chi connectivity index (χ2v) is 4.63. The van der Waals surface area contributed by atoms with Crippen molar-refractivity contribution >= 4 is 8.60 Å². The monoisotopic (exact) mass is 242 g/mol. The molecule has 0 saturated heterocycles. The molecular formula is C12H19O3P. The lowest BCUT2D eigenvalue weighted by Gasteiger charge is -2.14. The van der Waals surface area contributed by atoms with Crippen molar-refractivity contribution in [1.82, 2.24) is 0 Å². The molecule has 1 aromatic carbocycles. The van der Waals surface area contributed by atoms with Gasteiger partial charge in [0.15, 0.2) is 0 Å². The van der Waals surface area contributed by atoms with E-state index in [0.29, 0.717) is 12.4 Å². The first-order valence-corrected chi connectivity index (χ1v) is 6.64.